The summed E-state index contributed by atoms with van der Waals surface area (Å²) in [5, 5.41) is 19.8. The van der Waals surface area contributed by atoms with Crippen LogP contribution in [0.3, 0.4) is 0 Å². The molecule has 152 valence electrons. The Morgan fingerprint density at radius 3 is 2.60 bits per heavy atom. The second-order valence-corrected chi connectivity index (χ2v) is 6.68. The Hall–Kier alpha value is -4.06. The van der Waals surface area contributed by atoms with Crippen molar-refractivity contribution in [2.75, 3.05) is 18.1 Å². The number of carbonyl (C=O) groups excluding carboxylic acids is 2. The molecule has 0 spiro atoms. The van der Waals surface area contributed by atoms with Gasteiger partial charge >= 0.3 is 5.97 Å². The molecule has 30 heavy (non-hydrogen) atoms. The third-order valence-corrected chi connectivity index (χ3v) is 4.29. The molecular formula is C21H20N6O3. The zero-order valence-electron chi connectivity index (χ0n) is 16.6. The van der Waals surface area contributed by atoms with Gasteiger partial charge in [0.1, 0.15) is 6.33 Å². The number of hydrogen-bond acceptors (Lipinski definition) is 7. The van der Waals surface area contributed by atoms with Gasteiger partial charge in [-0.2, -0.15) is 5.26 Å². The van der Waals surface area contributed by atoms with Crippen molar-refractivity contribution in [1.29, 1.82) is 5.26 Å². The number of rotatable bonds is 7. The van der Waals surface area contributed by atoms with Crippen LogP contribution in [0.2, 0.25) is 0 Å². The minimum atomic E-state index is -0.640. The van der Waals surface area contributed by atoms with E-state index in [1.165, 1.54) is 15.9 Å². The molecule has 0 radical (unpaired) electrons. The van der Waals surface area contributed by atoms with E-state index >= 15 is 0 Å². The van der Waals surface area contributed by atoms with Gasteiger partial charge in [-0.25, -0.2) is 9.48 Å². The summed E-state index contributed by atoms with van der Waals surface area (Å²) in [6.07, 6.45) is 1.57. The molecule has 0 aliphatic carbocycles. The third kappa shape index (κ3) is 5.05. The smallest absolute Gasteiger partial charge is 0.338 e. The minimum absolute atomic E-state index is 0.167. The van der Waals surface area contributed by atoms with Crippen molar-refractivity contribution < 1.29 is 14.3 Å². The molecule has 0 unspecified atom stereocenters. The van der Waals surface area contributed by atoms with Gasteiger partial charge in [0.15, 0.2) is 6.61 Å². The van der Waals surface area contributed by atoms with Gasteiger partial charge < -0.3 is 9.64 Å². The molecule has 1 heterocycles. The molecule has 0 bridgehead atoms. The predicted octanol–water partition coefficient (Wildman–Crippen LogP) is 2.38. The zero-order valence-corrected chi connectivity index (χ0v) is 16.6. The molecule has 0 fully saturated rings. The fourth-order valence-corrected chi connectivity index (χ4v) is 3.01. The van der Waals surface area contributed by atoms with Crippen molar-refractivity contribution >= 4 is 17.6 Å². The van der Waals surface area contributed by atoms with Gasteiger partial charge in [0.25, 0.3) is 5.91 Å². The van der Waals surface area contributed by atoms with E-state index in [0.29, 0.717) is 11.4 Å². The number of nitriles is 1. The maximum atomic E-state index is 12.8. The first-order chi connectivity index (χ1) is 14.5. The maximum Gasteiger partial charge on any atom is 0.338 e. The molecular weight excluding hydrogens is 384 g/mol. The lowest BCUT2D eigenvalue weighted by Gasteiger charge is -2.22. The molecule has 0 saturated heterocycles. The second-order valence-electron chi connectivity index (χ2n) is 6.68. The topological polar surface area (TPSA) is 114 Å². The van der Waals surface area contributed by atoms with Crippen LogP contribution < -0.4 is 4.90 Å². The number of hydrogen-bond donors (Lipinski definition) is 0. The zero-order chi connectivity index (χ0) is 21.5. The summed E-state index contributed by atoms with van der Waals surface area (Å²) >= 11 is 0. The summed E-state index contributed by atoms with van der Waals surface area (Å²) < 4.78 is 6.64. The maximum absolute atomic E-state index is 12.8. The normalized spacial score (nSPS) is 10.3. The monoisotopic (exact) mass is 404 g/mol. The van der Waals surface area contributed by atoms with Crippen LogP contribution in [0.4, 0.5) is 5.69 Å². The Labute approximate surface area is 173 Å². The molecule has 1 amide bonds. The highest BCUT2D eigenvalue weighted by Gasteiger charge is 2.19. The van der Waals surface area contributed by atoms with Gasteiger partial charge in [-0.1, -0.05) is 12.1 Å². The molecule has 2 aromatic carbocycles. The average molecular weight is 404 g/mol. The number of aryl methyl sites for hydroxylation is 2. The van der Waals surface area contributed by atoms with E-state index in [-0.39, 0.29) is 18.5 Å². The number of carbonyl (C=O) groups is 2. The molecule has 0 saturated carbocycles. The summed E-state index contributed by atoms with van der Waals surface area (Å²) in [6.45, 7) is 3.64. The molecule has 9 nitrogen and oxygen atoms in total. The van der Waals surface area contributed by atoms with Gasteiger partial charge in [0.05, 0.1) is 23.7 Å². The average Bonchev–Trinajstić information content (AvgIpc) is 3.26. The van der Waals surface area contributed by atoms with Crippen molar-refractivity contribution in [2.24, 2.45) is 0 Å². The van der Waals surface area contributed by atoms with Crippen molar-refractivity contribution in [2.45, 2.75) is 20.3 Å². The number of ether oxygens (including phenoxy) is 1. The van der Waals surface area contributed by atoms with Crippen LogP contribution in [0.25, 0.3) is 5.69 Å². The number of esters is 1. The first kappa shape index (κ1) is 20.7. The predicted molar refractivity (Wildman–Crippen MR) is 108 cm³/mol. The molecule has 0 atom stereocenters. The molecule has 3 aromatic rings. The Kier molecular flexibility index (Phi) is 6.49. The largest absolute Gasteiger partial charge is 0.452 e. The van der Waals surface area contributed by atoms with Gasteiger partial charge in [0, 0.05) is 12.2 Å². The SMILES string of the molecule is Cc1cc(C)cc(N(CCC#N)C(=O)COC(=O)c2cccc(-n3cnnn3)c2)c1. The summed E-state index contributed by atoms with van der Waals surface area (Å²) in [6, 6.07) is 14.3. The number of anilines is 1. The van der Waals surface area contributed by atoms with Crippen LogP contribution in [0.1, 0.15) is 27.9 Å². The van der Waals surface area contributed by atoms with E-state index in [1.54, 1.807) is 24.3 Å². The fraction of sp³-hybridized carbons (Fsp3) is 0.238. The second kappa shape index (κ2) is 9.43. The van der Waals surface area contributed by atoms with E-state index in [2.05, 4.69) is 15.5 Å². The van der Waals surface area contributed by atoms with Gasteiger partial charge in [-0.15, -0.1) is 5.10 Å². The molecule has 0 aliphatic rings. The van der Waals surface area contributed by atoms with Crippen molar-refractivity contribution in [3.8, 4) is 11.8 Å². The molecule has 9 heteroatoms. The Bertz CT molecular complexity index is 1070. The first-order valence-electron chi connectivity index (χ1n) is 9.24. The lowest BCUT2D eigenvalue weighted by atomic mass is 10.1. The van der Waals surface area contributed by atoms with Gasteiger partial charge in [0.2, 0.25) is 0 Å². The molecule has 0 N–H and O–H groups in total. The summed E-state index contributed by atoms with van der Waals surface area (Å²) in [5.41, 5.74) is 3.52. The number of amides is 1. The van der Waals surface area contributed by atoms with Crippen LogP contribution in [0.5, 0.6) is 0 Å². The third-order valence-electron chi connectivity index (χ3n) is 4.29. The first-order valence-corrected chi connectivity index (χ1v) is 9.24. The molecule has 3 rings (SSSR count). The Morgan fingerprint density at radius 2 is 1.93 bits per heavy atom. The van der Waals surface area contributed by atoms with Crippen molar-refractivity contribution in [1.82, 2.24) is 20.2 Å². The highest BCUT2D eigenvalue weighted by atomic mass is 16.5. The highest BCUT2D eigenvalue weighted by Crippen LogP contribution is 2.20. The Balaban J connectivity index is 1.71. The van der Waals surface area contributed by atoms with Gasteiger partial charge in [-0.05, 0) is 65.7 Å². The van der Waals surface area contributed by atoms with Crippen LogP contribution in [-0.2, 0) is 9.53 Å². The lowest BCUT2D eigenvalue weighted by molar-refractivity contribution is -0.121. The molecule has 0 aliphatic heterocycles. The highest BCUT2D eigenvalue weighted by molar-refractivity contribution is 5.97. The van der Waals surface area contributed by atoms with Crippen LogP contribution in [0.15, 0.2) is 48.8 Å². The van der Waals surface area contributed by atoms with E-state index < -0.39 is 18.5 Å². The number of nitrogens with zero attached hydrogens (tertiary/aromatic N) is 6. The quantitative estimate of drug-likeness (QED) is 0.555. The van der Waals surface area contributed by atoms with E-state index in [4.69, 9.17) is 10.00 Å². The number of tetrazole rings is 1. The van der Waals surface area contributed by atoms with Crippen LogP contribution in [-0.4, -0.2) is 45.2 Å². The fourth-order valence-electron chi connectivity index (χ4n) is 3.01. The number of benzene rings is 2. The lowest BCUT2D eigenvalue weighted by Crippen LogP contribution is -2.35. The van der Waals surface area contributed by atoms with E-state index in [0.717, 1.165) is 11.1 Å². The van der Waals surface area contributed by atoms with Crippen molar-refractivity contribution in [3.05, 3.63) is 65.5 Å². The minimum Gasteiger partial charge on any atom is -0.452 e. The summed E-state index contributed by atoms with van der Waals surface area (Å²) in [4.78, 5) is 26.7. The molecule has 1 aromatic heterocycles. The Morgan fingerprint density at radius 1 is 1.17 bits per heavy atom. The van der Waals surface area contributed by atoms with Crippen LogP contribution in [0, 0.1) is 25.2 Å². The van der Waals surface area contributed by atoms with Crippen LogP contribution >= 0.6 is 0 Å². The standard InChI is InChI=1S/C21H20N6O3/c1-15-9-16(2)11-19(10-15)26(8-4-7-22)20(28)13-30-21(29)17-5-3-6-18(12-17)27-14-23-24-25-27/h3,5-6,9-12,14H,4,8,13H2,1-2H3. The van der Waals surface area contributed by atoms with E-state index in [1.807, 2.05) is 38.1 Å². The van der Waals surface area contributed by atoms with E-state index in [9.17, 15) is 9.59 Å². The van der Waals surface area contributed by atoms with Crippen molar-refractivity contribution in [3.63, 3.8) is 0 Å². The summed E-state index contributed by atoms with van der Waals surface area (Å²) in [7, 11) is 0. The van der Waals surface area contributed by atoms with Gasteiger partial charge in [-0.3, -0.25) is 4.79 Å². The summed E-state index contributed by atoms with van der Waals surface area (Å²) in [5.74, 6) is -1.04. The number of aromatic nitrogens is 4.